The van der Waals surface area contributed by atoms with Crippen LogP contribution in [-0.2, 0) is 4.79 Å². The SMILES string of the molecule is COc1ccc(Br)cc1/C=C/C(=O)N1CCN(c2ccccc2F)CC1. The average Bonchev–Trinajstić information content (AvgIpc) is 2.67. The summed E-state index contributed by atoms with van der Waals surface area (Å²) >= 11 is 3.42. The number of anilines is 1. The molecule has 4 nitrogen and oxygen atoms in total. The van der Waals surface area contributed by atoms with Crippen LogP contribution in [0.3, 0.4) is 0 Å². The van der Waals surface area contributed by atoms with Crippen molar-refractivity contribution in [2.75, 3.05) is 38.2 Å². The fourth-order valence-corrected chi connectivity index (χ4v) is 3.36. The molecule has 0 spiro atoms. The van der Waals surface area contributed by atoms with Crippen molar-refractivity contribution in [3.05, 3.63) is 64.4 Å². The molecule has 0 radical (unpaired) electrons. The van der Waals surface area contributed by atoms with E-state index in [-0.39, 0.29) is 11.7 Å². The van der Waals surface area contributed by atoms with Crippen LogP contribution in [0, 0.1) is 5.82 Å². The number of amides is 1. The van der Waals surface area contributed by atoms with Crippen molar-refractivity contribution in [1.29, 1.82) is 0 Å². The van der Waals surface area contributed by atoms with Gasteiger partial charge in [0.25, 0.3) is 0 Å². The highest BCUT2D eigenvalue weighted by molar-refractivity contribution is 9.10. The number of hydrogen-bond donors (Lipinski definition) is 0. The lowest BCUT2D eigenvalue weighted by Crippen LogP contribution is -2.48. The third-order valence-electron chi connectivity index (χ3n) is 4.38. The first-order valence-electron chi connectivity index (χ1n) is 8.38. The Morgan fingerprint density at radius 3 is 2.58 bits per heavy atom. The zero-order valence-corrected chi connectivity index (χ0v) is 16.1. The highest BCUT2D eigenvalue weighted by Gasteiger charge is 2.21. The lowest BCUT2D eigenvalue weighted by atomic mass is 10.2. The van der Waals surface area contributed by atoms with Gasteiger partial charge in [-0.3, -0.25) is 4.79 Å². The lowest BCUT2D eigenvalue weighted by molar-refractivity contribution is -0.126. The van der Waals surface area contributed by atoms with E-state index in [1.54, 1.807) is 36.3 Å². The van der Waals surface area contributed by atoms with Crippen molar-refractivity contribution in [1.82, 2.24) is 4.90 Å². The summed E-state index contributed by atoms with van der Waals surface area (Å²) in [6, 6.07) is 12.4. The molecule has 0 unspecified atom stereocenters. The minimum Gasteiger partial charge on any atom is -0.496 e. The van der Waals surface area contributed by atoms with Crippen molar-refractivity contribution in [2.24, 2.45) is 0 Å². The Hall–Kier alpha value is -2.34. The molecule has 1 fully saturated rings. The van der Waals surface area contributed by atoms with Crippen molar-refractivity contribution in [2.45, 2.75) is 0 Å². The van der Waals surface area contributed by atoms with E-state index in [9.17, 15) is 9.18 Å². The van der Waals surface area contributed by atoms with E-state index in [1.165, 1.54) is 6.07 Å². The molecule has 0 saturated carbocycles. The van der Waals surface area contributed by atoms with E-state index in [0.29, 0.717) is 37.6 Å². The van der Waals surface area contributed by atoms with Crippen molar-refractivity contribution < 1.29 is 13.9 Å². The molecule has 26 heavy (non-hydrogen) atoms. The molecule has 0 bridgehead atoms. The van der Waals surface area contributed by atoms with Crippen molar-refractivity contribution in [3.63, 3.8) is 0 Å². The van der Waals surface area contributed by atoms with Gasteiger partial charge in [-0.2, -0.15) is 0 Å². The van der Waals surface area contributed by atoms with E-state index < -0.39 is 0 Å². The summed E-state index contributed by atoms with van der Waals surface area (Å²) in [5.74, 6) is 0.427. The Labute approximate surface area is 161 Å². The molecule has 0 aromatic heterocycles. The fourth-order valence-electron chi connectivity index (χ4n) is 2.98. The van der Waals surface area contributed by atoms with Gasteiger partial charge < -0.3 is 14.5 Å². The van der Waals surface area contributed by atoms with Crippen LogP contribution in [0.2, 0.25) is 0 Å². The summed E-state index contributed by atoms with van der Waals surface area (Å²) < 4.78 is 20.1. The van der Waals surface area contributed by atoms with Gasteiger partial charge in [0.2, 0.25) is 5.91 Å². The van der Waals surface area contributed by atoms with E-state index in [1.807, 2.05) is 29.2 Å². The highest BCUT2D eigenvalue weighted by Crippen LogP contribution is 2.24. The summed E-state index contributed by atoms with van der Waals surface area (Å²) in [6.07, 6.45) is 3.32. The third-order valence-corrected chi connectivity index (χ3v) is 4.87. The lowest BCUT2D eigenvalue weighted by Gasteiger charge is -2.35. The molecule has 2 aromatic carbocycles. The van der Waals surface area contributed by atoms with Crippen LogP contribution in [0.15, 0.2) is 53.0 Å². The molecule has 2 aromatic rings. The molecule has 1 amide bonds. The zero-order chi connectivity index (χ0) is 18.5. The molecule has 1 heterocycles. The second kappa shape index (κ2) is 8.36. The number of halogens is 2. The maximum absolute atomic E-state index is 13.9. The Morgan fingerprint density at radius 1 is 1.15 bits per heavy atom. The molecular weight excluding hydrogens is 399 g/mol. The van der Waals surface area contributed by atoms with Crippen LogP contribution in [0.25, 0.3) is 6.08 Å². The molecule has 6 heteroatoms. The number of ether oxygens (including phenoxy) is 1. The van der Waals surface area contributed by atoms with Gasteiger partial charge in [-0.25, -0.2) is 4.39 Å². The van der Waals surface area contributed by atoms with Gasteiger partial charge in [0, 0.05) is 42.3 Å². The molecule has 0 N–H and O–H groups in total. The molecule has 136 valence electrons. The number of nitrogens with zero attached hydrogens (tertiary/aromatic N) is 2. The maximum Gasteiger partial charge on any atom is 0.246 e. The molecule has 3 rings (SSSR count). The first-order valence-corrected chi connectivity index (χ1v) is 9.18. The van der Waals surface area contributed by atoms with Gasteiger partial charge in [0.05, 0.1) is 12.8 Å². The number of carbonyl (C=O) groups is 1. The number of para-hydroxylation sites is 1. The molecule has 1 aliphatic rings. The molecular formula is C20H20BrFN2O2. The summed E-state index contributed by atoms with van der Waals surface area (Å²) in [5.41, 5.74) is 1.43. The third kappa shape index (κ3) is 4.25. The van der Waals surface area contributed by atoms with Crippen LogP contribution in [0.5, 0.6) is 5.75 Å². The van der Waals surface area contributed by atoms with Crippen LogP contribution in [-0.4, -0.2) is 44.1 Å². The fraction of sp³-hybridized carbons (Fsp3) is 0.250. The minimum atomic E-state index is -0.228. The largest absolute Gasteiger partial charge is 0.496 e. The van der Waals surface area contributed by atoms with Crippen LogP contribution in [0.4, 0.5) is 10.1 Å². The monoisotopic (exact) mass is 418 g/mol. The molecule has 1 saturated heterocycles. The maximum atomic E-state index is 13.9. The van der Waals surface area contributed by atoms with E-state index in [0.717, 1.165) is 10.0 Å². The van der Waals surface area contributed by atoms with Gasteiger partial charge in [-0.05, 0) is 36.4 Å². The Morgan fingerprint density at radius 2 is 1.88 bits per heavy atom. The smallest absolute Gasteiger partial charge is 0.246 e. The first kappa shape index (κ1) is 18.5. The van der Waals surface area contributed by atoms with Crippen molar-refractivity contribution in [3.8, 4) is 5.75 Å². The van der Waals surface area contributed by atoms with E-state index in [2.05, 4.69) is 15.9 Å². The van der Waals surface area contributed by atoms with Crippen LogP contribution >= 0.6 is 15.9 Å². The molecule has 1 aliphatic heterocycles. The number of carbonyl (C=O) groups excluding carboxylic acids is 1. The Kier molecular flexibility index (Phi) is 5.93. The summed E-state index contributed by atoms with van der Waals surface area (Å²) in [5, 5.41) is 0. The highest BCUT2D eigenvalue weighted by atomic mass is 79.9. The number of piperazine rings is 1. The topological polar surface area (TPSA) is 32.8 Å². The Balaban J connectivity index is 1.62. The summed E-state index contributed by atoms with van der Waals surface area (Å²) in [7, 11) is 1.60. The first-order chi connectivity index (χ1) is 12.6. The number of benzene rings is 2. The molecule has 0 atom stereocenters. The Bertz CT molecular complexity index is 817. The summed E-state index contributed by atoms with van der Waals surface area (Å²) in [4.78, 5) is 16.2. The van der Waals surface area contributed by atoms with Gasteiger partial charge >= 0.3 is 0 Å². The second-order valence-electron chi connectivity index (χ2n) is 5.98. The summed E-state index contributed by atoms with van der Waals surface area (Å²) in [6.45, 7) is 2.35. The van der Waals surface area contributed by atoms with Crippen LogP contribution < -0.4 is 9.64 Å². The second-order valence-corrected chi connectivity index (χ2v) is 6.90. The van der Waals surface area contributed by atoms with Crippen molar-refractivity contribution >= 4 is 33.6 Å². The molecule has 0 aliphatic carbocycles. The van der Waals surface area contributed by atoms with Gasteiger partial charge in [-0.15, -0.1) is 0 Å². The normalized spacial score (nSPS) is 14.7. The van der Waals surface area contributed by atoms with Crippen LogP contribution in [0.1, 0.15) is 5.56 Å². The van der Waals surface area contributed by atoms with E-state index in [4.69, 9.17) is 4.74 Å². The zero-order valence-electron chi connectivity index (χ0n) is 14.5. The predicted molar refractivity (Wildman–Crippen MR) is 105 cm³/mol. The van der Waals surface area contributed by atoms with Gasteiger partial charge in [0.15, 0.2) is 0 Å². The standard InChI is InChI=1S/C20H20BrFN2O2/c1-26-19-8-7-16(21)14-15(19)6-9-20(25)24-12-10-23(11-13-24)18-5-3-2-4-17(18)22/h2-9,14H,10-13H2,1H3/b9-6+. The quantitative estimate of drug-likeness (QED) is 0.704. The minimum absolute atomic E-state index is 0.0554. The van der Waals surface area contributed by atoms with Gasteiger partial charge in [-0.1, -0.05) is 28.1 Å². The number of rotatable bonds is 4. The predicted octanol–water partition coefficient (Wildman–Crippen LogP) is 3.96. The van der Waals surface area contributed by atoms with E-state index >= 15 is 0 Å². The average molecular weight is 419 g/mol. The number of methoxy groups -OCH3 is 1. The van der Waals surface area contributed by atoms with Gasteiger partial charge in [0.1, 0.15) is 11.6 Å². The number of hydrogen-bond acceptors (Lipinski definition) is 3.